The van der Waals surface area contributed by atoms with E-state index in [9.17, 15) is 18.1 Å². The highest BCUT2D eigenvalue weighted by Crippen LogP contribution is 2.30. The number of hydrogen-bond donors (Lipinski definition) is 1. The van der Waals surface area contributed by atoms with Crippen molar-refractivity contribution in [1.29, 1.82) is 0 Å². The first kappa shape index (κ1) is 25.4. The number of nitroso groups, excluding NO2 is 1. The molecule has 3 rings (SSSR count). The van der Waals surface area contributed by atoms with Gasteiger partial charge in [-0.15, -0.1) is 9.24 Å². The minimum Gasteiger partial charge on any atom is -0.487 e. The van der Waals surface area contributed by atoms with Crippen LogP contribution in [0.15, 0.2) is 57.8 Å². The van der Waals surface area contributed by atoms with Crippen molar-refractivity contribution < 1.29 is 22.3 Å². The molecule has 1 N–H and O–H groups in total. The zero-order chi connectivity index (χ0) is 25.0. The smallest absolute Gasteiger partial charge is 0.417 e. The second-order valence-electron chi connectivity index (χ2n) is 7.97. The van der Waals surface area contributed by atoms with E-state index in [1.54, 1.807) is 6.07 Å². The fourth-order valence-corrected chi connectivity index (χ4v) is 3.67. The molecule has 2 aromatic carbocycles. The Morgan fingerprint density at radius 2 is 2.00 bits per heavy atom. The quantitative estimate of drug-likeness (QED) is 0.298. The van der Waals surface area contributed by atoms with E-state index >= 15 is 0 Å². The van der Waals surface area contributed by atoms with Gasteiger partial charge in [0.25, 0.3) is 0 Å². The number of benzene rings is 2. The molecule has 0 bridgehead atoms. The van der Waals surface area contributed by atoms with Gasteiger partial charge in [-0.05, 0) is 55.4 Å². The van der Waals surface area contributed by atoms with Crippen molar-refractivity contribution in [3.05, 3.63) is 75.7 Å². The topological polar surface area (TPSA) is 76.7 Å². The summed E-state index contributed by atoms with van der Waals surface area (Å²) in [4.78, 5) is 14.7. The van der Waals surface area contributed by atoms with Crippen LogP contribution in [-0.2, 0) is 12.6 Å². The lowest BCUT2D eigenvalue weighted by atomic mass is 10.1. The molecule has 1 atom stereocenters. The van der Waals surface area contributed by atoms with Crippen LogP contribution < -0.4 is 15.4 Å². The first-order valence-electron chi connectivity index (χ1n) is 10.4. The second-order valence-corrected chi connectivity index (χ2v) is 8.59. The van der Waals surface area contributed by atoms with Crippen LogP contribution >= 0.6 is 9.24 Å². The molecule has 0 saturated heterocycles. The molecule has 34 heavy (non-hydrogen) atoms. The number of fused-ring (bicyclic) bond motifs is 1. The van der Waals surface area contributed by atoms with Gasteiger partial charge in [0.2, 0.25) is 0 Å². The number of rotatable bonds is 9. The maximum atomic E-state index is 13.0. The number of allylic oxidation sites excluding steroid dienone is 1. The lowest BCUT2D eigenvalue weighted by Gasteiger charge is -2.18. The molecule has 1 heterocycles. The zero-order valence-electron chi connectivity index (χ0n) is 19.0. The molecule has 1 unspecified atom stereocenters. The fraction of sp³-hybridized carbons (Fsp3) is 0.292. The molecule has 0 fully saturated rings. The Labute approximate surface area is 197 Å². The number of aryl methyl sites for hydroxylation is 1. The minimum absolute atomic E-state index is 0.0442. The molecule has 6 nitrogen and oxygen atoms in total. The van der Waals surface area contributed by atoms with Crippen molar-refractivity contribution in [2.75, 3.05) is 13.2 Å². The van der Waals surface area contributed by atoms with E-state index in [1.165, 1.54) is 12.1 Å². The van der Waals surface area contributed by atoms with Crippen LogP contribution in [-0.4, -0.2) is 18.1 Å². The SMILES string of the molecule is C=C(NC(COc1cc2nc(CCN=O)oc2cc1C)=C(C)C)c1ccc(C(F)(F)F)c(P)c1. The Morgan fingerprint density at radius 1 is 1.26 bits per heavy atom. The highest BCUT2D eigenvalue weighted by atomic mass is 31.0. The van der Waals surface area contributed by atoms with Gasteiger partial charge in [0, 0.05) is 18.2 Å². The lowest BCUT2D eigenvalue weighted by molar-refractivity contribution is -0.136. The molecule has 0 spiro atoms. The summed E-state index contributed by atoms with van der Waals surface area (Å²) in [6, 6.07) is 7.42. The van der Waals surface area contributed by atoms with Gasteiger partial charge in [-0.2, -0.15) is 18.1 Å². The predicted molar refractivity (Wildman–Crippen MR) is 130 cm³/mol. The summed E-state index contributed by atoms with van der Waals surface area (Å²) < 4.78 is 50.8. The summed E-state index contributed by atoms with van der Waals surface area (Å²) in [7, 11) is 2.12. The first-order chi connectivity index (χ1) is 16.0. The number of hydrogen-bond acceptors (Lipinski definition) is 6. The van der Waals surface area contributed by atoms with Crippen molar-refractivity contribution in [2.45, 2.75) is 33.4 Å². The summed E-state index contributed by atoms with van der Waals surface area (Å²) in [6.45, 7) is 9.92. The largest absolute Gasteiger partial charge is 0.487 e. The van der Waals surface area contributed by atoms with Crippen molar-refractivity contribution in [2.24, 2.45) is 5.18 Å². The molecule has 0 radical (unpaired) electrons. The normalized spacial score (nSPS) is 11.4. The van der Waals surface area contributed by atoms with Crippen molar-refractivity contribution in [3.8, 4) is 5.75 Å². The second kappa shape index (κ2) is 10.4. The van der Waals surface area contributed by atoms with E-state index < -0.39 is 11.7 Å². The van der Waals surface area contributed by atoms with Crippen molar-refractivity contribution >= 4 is 31.3 Å². The number of alkyl halides is 3. The molecule has 0 saturated carbocycles. The number of aromatic nitrogens is 1. The number of nitrogens with one attached hydrogen (secondary N) is 1. The van der Waals surface area contributed by atoms with Crippen molar-refractivity contribution in [1.82, 2.24) is 10.3 Å². The third kappa shape index (κ3) is 6.03. The molecular weight excluding hydrogens is 466 g/mol. The molecule has 0 aliphatic rings. The van der Waals surface area contributed by atoms with Crippen LogP contribution in [0.2, 0.25) is 0 Å². The third-order valence-corrected chi connectivity index (χ3v) is 5.61. The van der Waals surface area contributed by atoms with E-state index in [0.29, 0.717) is 40.4 Å². The van der Waals surface area contributed by atoms with Gasteiger partial charge in [0.05, 0.1) is 17.8 Å². The van der Waals surface area contributed by atoms with Gasteiger partial charge in [0.15, 0.2) is 11.5 Å². The van der Waals surface area contributed by atoms with E-state index in [0.717, 1.165) is 22.9 Å². The molecule has 180 valence electrons. The van der Waals surface area contributed by atoms with Gasteiger partial charge in [-0.25, -0.2) is 4.98 Å². The number of halogens is 3. The highest BCUT2D eigenvalue weighted by Gasteiger charge is 2.32. The van der Waals surface area contributed by atoms with E-state index in [4.69, 9.17) is 9.15 Å². The van der Waals surface area contributed by atoms with E-state index in [-0.39, 0.29) is 18.5 Å². The van der Waals surface area contributed by atoms with Gasteiger partial charge >= 0.3 is 6.18 Å². The Hall–Kier alpha value is -3.19. The Bertz CT molecular complexity index is 1260. The van der Waals surface area contributed by atoms with Crippen LogP contribution in [0.1, 0.15) is 36.4 Å². The van der Waals surface area contributed by atoms with Gasteiger partial charge in [-0.1, -0.05) is 23.4 Å². The monoisotopic (exact) mass is 491 g/mol. The Kier molecular flexibility index (Phi) is 7.77. The van der Waals surface area contributed by atoms with Crippen LogP contribution in [0.3, 0.4) is 0 Å². The van der Waals surface area contributed by atoms with E-state index in [2.05, 4.69) is 31.3 Å². The summed E-state index contributed by atoms with van der Waals surface area (Å²) in [5.41, 5.74) is 3.99. The molecule has 10 heteroatoms. The maximum absolute atomic E-state index is 13.0. The molecule has 0 amide bonds. The van der Waals surface area contributed by atoms with Crippen molar-refractivity contribution in [3.63, 3.8) is 0 Å². The first-order valence-corrected chi connectivity index (χ1v) is 11.0. The molecule has 0 aliphatic carbocycles. The molecule has 1 aromatic heterocycles. The van der Waals surface area contributed by atoms with Gasteiger partial charge in [-0.3, -0.25) is 0 Å². The number of nitrogens with zero attached hydrogens (tertiary/aromatic N) is 2. The Morgan fingerprint density at radius 3 is 2.62 bits per heavy atom. The Balaban J connectivity index is 1.73. The summed E-state index contributed by atoms with van der Waals surface area (Å²) in [6.07, 6.45) is -4.10. The van der Waals surface area contributed by atoms with Crippen LogP contribution in [0.5, 0.6) is 5.75 Å². The number of oxazole rings is 1. The average Bonchev–Trinajstić information content (AvgIpc) is 3.15. The fourth-order valence-electron chi connectivity index (χ4n) is 3.23. The standard InChI is InChI=1S/C24H25F3N3O3P/c1-13(2)19(29-15(4)16-5-6-17(22(34)10-16)24(25,26)27)12-32-20-11-18-21(9-14(20)3)33-23(30-18)7-8-28-31/h5-6,9-11,29H,4,7-8,12,34H2,1-3H3. The maximum Gasteiger partial charge on any atom is 0.417 e. The molecule has 0 aliphatic heterocycles. The minimum atomic E-state index is -4.42. The van der Waals surface area contributed by atoms with E-state index in [1.807, 2.05) is 26.8 Å². The zero-order valence-corrected chi connectivity index (χ0v) is 20.2. The van der Waals surface area contributed by atoms with Crippen LogP contribution in [0, 0.1) is 11.8 Å². The summed E-state index contributed by atoms with van der Waals surface area (Å²) in [5, 5.41) is 6.03. The highest BCUT2D eigenvalue weighted by molar-refractivity contribution is 7.27. The molecular formula is C24H25F3N3O3P. The van der Waals surface area contributed by atoms with Crippen LogP contribution in [0.25, 0.3) is 16.8 Å². The molecule has 3 aromatic rings. The van der Waals surface area contributed by atoms with Gasteiger partial charge in [0.1, 0.15) is 17.9 Å². The summed E-state index contributed by atoms with van der Waals surface area (Å²) in [5.74, 6) is 1.04. The van der Waals surface area contributed by atoms with Crippen LogP contribution in [0.4, 0.5) is 13.2 Å². The third-order valence-electron chi connectivity index (χ3n) is 5.13. The van der Waals surface area contributed by atoms with Gasteiger partial charge < -0.3 is 14.5 Å². The lowest BCUT2D eigenvalue weighted by Crippen LogP contribution is -2.20. The predicted octanol–water partition coefficient (Wildman–Crippen LogP) is 5.90. The average molecular weight is 491 g/mol. The number of ether oxygens (including phenoxy) is 1. The summed E-state index contributed by atoms with van der Waals surface area (Å²) >= 11 is 0.